The van der Waals surface area contributed by atoms with Crippen molar-refractivity contribution >= 4 is 0 Å². The van der Waals surface area contributed by atoms with Gasteiger partial charge in [-0.25, -0.2) is 0 Å². The molecule has 2 aliphatic heterocycles. The van der Waals surface area contributed by atoms with Gasteiger partial charge in [0, 0.05) is 26.6 Å². The van der Waals surface area contributed by atoms with Crippen LogP contribution in [0.3, 0.4) is 0 Å². The van der Waals surface area contributed by atoms with Crippen LogP contribution in [0.5, 0.6) is 0 Å². The Hall–Kier alpha value is -0.840. The van der Waals surface area contributed by atoms with Gasteiger partial charge in [-0.1, -0.05) is 0 Å². The van der Waals surface area contributed by atoms with E-state index >= 15 is 0 Å². The molecule has 0 aromatic carbocycles. The molecule has 0 saturated carbocycles. The van der Waals surface area contributed by atoms with E-state index in [1.54, 1.807) is 7.11 Å². The van der Waals surface area contributed by atoms with Crippen LogP contribution in [-0.4, -0.2) is 43.4 Å². The molecule has 2 aliphatic rings. The summed E-state index contributed by atoms with van der Waals surface area (Å²) in [5.41, 5.74) is 0.0796. The molecule has 0 amide bonds. The Morgan fingerprint density at radius 1 is 1.37 bits per heavy atom. The number of likely N-dealkylation sites (tertiary alicyclic amines) is 1. The minimum Gasteiger partial charge on any atom is -0.465 e. The first-order valence-electron chi connectivity index (χ1n) is 7.14. The molecule has 1 spiro atoms. The highest BCUT2D eigenvalue weighted by Crippen LogP contribution is 2.37. The maximum atomic E-state index is 6.01. The van der Waals surface area contributed by atoms with E-state index in [4.69, 9.17) is 13.9 Å². The van der Waals surface area contributed by atoms with Gasteiger partial charge in [0.15, 0.2) is 0 Å². The molecule has 4 nitrogen and oxygen atoms in total. The Morgan fingerprint density at radius 2 is 2.16 bits per heavy atom. The second-order valence-corrected chi connectivity index (χ2v) is 5.84. The van der Waals surface area contributed by atoms with E-state index in [0.29, 0.717) is 6.10 Å². The molecule has 0 N–H and O–H groups in total. The van der Waals surface area contributed by atoms with Crippen molar-refractivity contribution in [1.29, 1.82) is 0 Å². The number of nitrogens with zero attached hydrogens (tertiary/aromatic N) is 1. The molecule has 1 aromatic heterocycles. The predicted octanol–water partition coefficient (Wildman–Crippen LogP) is 2.36. The van der Waals surface area contributed by atoms with Crippen molar-refractivity contribution in [2.24, 2.45) is 0 Å². The molecule has 1 atom stereocenters. The van der Waals surface area contributed by atoms with Crippen LogP contribution in [0.25, 0.3) is 0 Å². The lowest BCUT2D eigenvalue weighted by Gasteiger charge is -2.38. The van der Waals surface area contributed by atoms with Crippen LogP contribution in [0, 0.1) is 6.92 Å². The normalized spacial score (nSPS) is 27.2. The third-order valence-corrected chi connectivity index (χ3v) is 4.45. The Balaban J connectivity index is 1.52. The molecule has 19 heavy (non-hydrogen) atoms. The van der Waals surface area contributed by atoms with Crippen molar-refractivity contribution in [3.63, 3.8) is 0 Å². The van der Waals surface area contributed by atoms with Crippen LogP contribution in [0.1, 0.15) is 30.8 Å². The molecule has 4 heteroatoms. The van der Waals surface area contributed by atoms with Crippen LogP contribution >= 0.6 is 0 Å². The van der Waals surface area contributed by atoms with Gasteiger partial charge in [0.1, 0.15) is 11.5 Å². The topological polar surface area (TPSA) is 34.8 Å². The number of hydrogen-bond acceptors (Lipinski definition) is 4. The smallest absolute Gasteiger partial charge is 0.118 e. The lowest BCUT2D eigenvalue weighted by atomic mass is 9.88. The van der Waals surface area contributed by atoms with Crippen molar-refractivity contribution in [2.75, 3.05) is 26.8 Å². The molecule has 106 valence electrons. The molecule has 0 bridgehead atoms. The molecule has 0 unspecified atom stereocenters. The Labute approximate surface area is 114 Å². The molecule has 0 radical (unpaired) electrons. The summed E-state index contributed by atoms with van der Waals surface area (Å²) in [5, 5.41) is 0. The third kappa shape index (κ3) is 2.86. The first-order chi connectivity index (χ1) is 9.19. The first kappa shape index (κ1) is 13.2. The van der Waals surface area contributed by atoms with Gasteiger partial charge in [-0.05, 0) is 31.9 Å². The predicted molar refractivity (Wildman–Crippen MR) is 72.1 cm³/mol. The zero-order chi connectivity index (χ0) is 13.3. The number of ether oxygens (including phenoxy) is 2. The molecule has 1 aromatic rings. The van der Waals surface area contributed by atoms with Gasteiger partial charge in [-0.2, -0.15) is 0 Å². The van der Waals surface area contributed by atoms with Crippen molar-refractivity contribution in [3.05, 3.63) is 23.7 Å². The number of methoxy groups -OCH3 is 1. The standard InChI is InChI=1S/C15H23NO3/c1-12-3-4-13(19-12)10-16-7-5-15(6-8-16)9-14(17-2)11-18-15/h3-4,14H,5-11H2,1-2H3/t14-/m0/s1. The summed E-state index contributed by atoms with van der Waals surface area (Å²) >= 11 is 0. The van der Waals surface area contributed by atoms with Crippen LogP contribution in [0.15, 0.2) is 16.5 Å². The summed E-state index contributed by atoms with van der Waals surface area (Å²) in [4.78, 5) is 2.45. The number of furan rings is 1. The minimum absolute atomic E-state index is 0.0796. The van der Waals surface area contributed by atoms with Crippen molar-refractivity contribution in [2.45, 2.75) is 44.4 Å². The van der Waals surface area contributed by atoms with Gasteiger partial charge in [-0.15, -0.1) is 0 Å². The molecule has 3 heterocycles. The molecule has 2 saturated heterocycles. The molecule has 3 rings (SSSR count). The van der Waals surface area contributed by atoms with E-state index < -0.39 is 0 Å². The highest BCUT2D eigenvalue weighted by atomic mass is 16.6. The van der Waals surface area contributed by atoms with Crippen molar-refractivity contribution in [3.8, 4) is 0 Å². The fraction of sp³-hybridized carbons (Fsp3) is 0.733. The van der Waals surface area contributed by atoms with Gasteiger partial charge >= 0.3 is 0 Å². The zero-order valence-electron chi connectivity index (χ0n) is 11.9. The molecule has 0 aliphatic carbocycles. The fourth-order valence-corrected chi connectivity index (χ4v) is 3.21. The quantitative estimate of drug-likeness (QED) is 0.840. The Morgan fingerprint density at radius 3 is 2.74 bits per heavy atom. The monoisotopic (exact) mass is 265 g/mol. The van der Waals surface area contributed by atoms with Gasteiger partial charge in [0.25, 0.3) is 0 Å². The number of rotatable bonds is 3. The summed E-state index contributed by atoms with van der Waals surface area (Å²) in [6.45, 7) is 5.82. The number of aryl methyl sites for hydroxylation is 1. The zero-order valence-corrected chi connectivity index (χ0v) is 11.9. The third-order valence-electron chi connectivity index (χ3n) is 4.45. The van der Waals surface area contributed by atoms with Crippen LogP contribution in [0.4, 0.5) is 0 Å². The average Bonchev–Trinajstić information content (AvgIpc) is 3.00. The molecular weight excluding hydrogens is 242 g/mol. The maximum Gasteiger partial charge on any atom is 0.118 e. The Kier molecular flexibility index (Phi) is 3.65. The van der Waals surface area contributed by atoms with E-state index in [1.165, 1.54) is 0 Å². The van der Waals surface area contributed by atoms with Gasteiger partial charge < -0.3 is 13.9 Å². The highest BCUT2D eigenvalue weighted by Gasteiger charge is 2.42. The molecular formula is C15H23NO3. The van der Waals surface area contributed by atoms with Gasteiger partial charge in [0.05, 0.1) is 24.9 Å². The highest BCUT2D eigenvalue weighted by molar-refractivity contribution is 5.06. The number of piperidine rings is 1. The lowest BCUT2D eigenvalue weighted by Crippen LogP contribution is -2.43. The summed E-state index contributed by atoms with van der Waals surface area (Å²) < 4.78 is 17.1. The van der Waals surface area contributed by atoms with E-state index in [9.17, 15) is 0 Å². The summed E-state index contributed by atoms with van der Waals surface area (Å²) in [6, 6.07) is 4.11. The SMILES string of the molecule is CO[C@@H]1COC2(CCN(Cc3ccc(C)o3)CC2)C1. The second kappa shape index (κ2) is 5.27. The first-order valence-corrected chi connectivity index (χ1v) is 7.14. The second-order valence-electron chi connectivity index (χ2n) is 5.84. The summed E-state index contributed by atoms with van der Waals surface area (Å²) in [6.07, 6.45) is 3.55. The van der Waals surface area contributed by atoms with E-state index in [1.807, 2.05) is 13.0 Å². The summed E-state index contributed by atoms with van der Waals surface area (Å²) in [5.74, 6) is 2.06. The lowest BCUT2D eigenvalue weighted by molar-refractivity contribution is -0.0468. The van der Waals surface area contributed by atoms with E-state index in [-0.39, 0.29) is 5.60 Å². The molecule has 2 fully saturated rings. The van der Waals surface area contributed by atoms with Crippen LogP contribution in [-0.2, 0) is 16.0 Å². The maximum absolute atomic E-state index is 6.01. The van der Waals surface area contributed by atoms with Crippen molar-refractivity contribution in [1.82, 2.24) is 4.90 Å². The van der Waals surface area contributed by atoms with Gasteiger partial charge in [0.2, 0.25) is 0 Å². The largest absolute Gasteiger partial charge is 0.465 e. The minimum atomic E-state index is 0.0796. The van der Waals surface area contributed by atoms with Crippen LogP contribution < -0.4 is 0 Å². The van der Waals surface area contributed by atoms with Crippen LogP contribution in [0.2, 0.25) is 0 Å². The average molecular weight is 265 g/mol. The summed E-state index contributed by atoms with van der Waals surface area (Å²) in [7, 11) is 1.78. The van der Waals surface area contributed by atoms with E-state index in [0.717, 1.165) is 57.0 Å². The fourth-order valence-electron chi connectivity index (χ4n) is 3.21. The number of hydrogen-bond donors (Lipinski definition) is 0. The van der Waals surface area contributed by atoms with E-state index in [2.05, 4.69) is 11.0 Å². The van der Waals surface area contributed by atoms with Gasteiger partial charge in [-0.3, -0.25) is 4.90 Å². The van der Waals surface area contributed by atoms with Crippen molar-refractivity contribution < 1.29 is 13.9 Å². The Bertz CT molecular complexity index is 421.